The van der Waals surface area contributed by atoms with E-state index in [0.717, 1.165) is 54.3 Å². The Kier molecular flexibility index (Phi) is 19.1. The molecule has 0 unspecified atom stereocenters. The molecule has 0 saturated carbocycles. The van der Waals surface area contributed by atoms with Gasteiger partial charge in [0.15, 0.2) is 0 Å². The fourth-order valence-corrected chi connectivity index (χ4v) is 5.83. The first-order chi connectivity index (χ1) is 22.4. The Labute approximate surface area is 280 Å². The summed E-state index contributed by atoms with van der Waals surface area (Å²) in [6.45, 7) is 28.8. The van der Waals surface area contributed by atoms with Gasteiger partial charge in [-0.05, 0) is 51.8 Å². The van der Waals surface area contributed by atoms with Crippen LogP contribution in [0, 0.1) is 24.8 Å². The quantitative estimate of drug-likeness (QED) is 0.0473. The maximum absolute atomic E-state index is 9.28. The van der Waals surface area contributed by atoms with Crippen LogP contribution in [0.5, 0.6) is 5.75 Å². The zero-order valence-corrected chi connectivity index (χ0v) is 29.5. The van der Waals surface area contributed by atoms with Gasteiger partial charge in [-0.25, -0.2) is 4.85 Å². The normalized spacial score (nSPS) is 11.6. The van der Waals surface area contributed by atoms with E-state index in [0.29, 0.717) is 85.4 Å². The molecule has 0 atom stereocenters. The van der Waals surface area contributed by atoms with Crippen molar-refractivity contribution in [2.45, 2.75) is 47.5 Å². The van der Waals surface area contributed by atoms with Gasteiger partial charge in [-0.1, -0.05) is 13.3 Å². The number of benzene rings is 1. The molecule has 0 aliphatic rings. The summed E-state index contributed by atoms with van der Waals surface area (Å²) in [7, 11) is 1.59. The lowest BCUT2D eigenvalue weighted by Gasteiger charge is -2.36. The summed E-state index contributed by atoms with van der Waals surface area (Å²) < 4.78 is 29.6. The minimum absolute atomic E-state index is 0.357. The Morgan fingerprint density at radius 1 is 0.913 bits per heavy atom. The van der Waals surface area contributed by atoms with Crippen LogP contribution >= 0.6 is 11.3 Å². The molecule has 0 fully saturated rings. The lowest BCUT2D eigenvalue weighted by molar-refractivity contribution is -0.925. The number of hydrogen-bond donors (Lipinski definition) is 0. The van der Waals surface area contributed by atoms with E-state index in [2.05, 4.69) is 53.7 Å². The molecule has 0 aliphatic heterocycles. The third-order valence-electron chi connectivity index (χ3n) is 8.13. The fourth-order valence-electron chi connectivity index (χ4n) is 4.97. The molecular weight excluding hydrogens is 604 g/mol. The number of rotatable bonds is 25. The molecule has 0 aliphatic carbocycles. The number of likely N-dealkylation sites (N-methyl/N-ethyl adjacent to an activating group) is 2. The van der Waals surface area contributed by atoms with Crippen molar-refractivity contribution >= 4 is 33.4 Å². The second-order valence-electron chi connectivity index (χ2n) is 10.8. The topological polar surface area (TPSA) is 102 Å². The Morgan fingerprint density at radius 2 is 1.54 bits per heavy atom. The Balaban J connectivity index is 1.64. The Bertz CT molecular complexity index is 1270. The highest BCUT2D eigenvalue weighted by molar-refractivity contribution is 7.17. The summed E-state index contributed by atoms with van der Waals surface area (Å²) >= 11 is 1.16. The van der Waals surface area contributed by atoms with Gasteiger partial charge in [-0.15, -0.1) is 16.5 Å². The molecule has 1 aromatic heterocycles. The lowest BCUT2D eigenvalue weighted by Crippen LogP contribution is -2.50. The molecule has 0 N–H and O–H groups in total. The van der Waals surface area contributed by atoms with Gasteiger partial charge < -0.3 is 33.1 Å². The van der Waals surface area contributed by atoms with Crippen LogP contribution in [0.2, 0.25) is 0 Å². The molecule has 0 spiro atoms. The first kappa shape index (κ1) is 39.1. The third kappa shape index (κ3) is 12.6. The monoisotopic (exact) mass is 657 g/mol. The van der Waals surface area contributed by atoms with Crippen molar-refractivity contribution in [2.24, 2.45) is 10.2 Å². The average molecular weight is 658 g/mol. The van der Waals surface area contributed by atoms with Crippen LogP contribution in [0.3, 0.4) is 0 Å². The average Bonchev–Trinajstić information content (AvgIpc) is 3.40. The van der Waals surface area contributed by atoms with Gasteiger partial charge in [-0.3, -0.25) is 0 Å². The molecule has 0 saturated heterocycles. The highest BCUT2D eigenvalue weighted by atomic mass is 32.1. The third-order valence-corrected chi connectivity index (χ3v) is 9.20. The van der Waals surface area contributed by atoms with Crippen LogP contribution in [0.15, 0.2) is 28.4 Å². The second-order valence-corrected chi connectivity index (χ2v) is 11.8. The van der Waals surface area contributed by atoms with E-state index < -0.39 is 0 Å². The van der Waals surface area contributed by atoms with Crippen molar-refractivity contribution in [2.75, 3.05) is 104 Å². The molecule has 1 heterocycles. The molecule has 46 heavy (non-hydrogen) atoms. The maximum atomic E-state index is 9.28. The number of quaternary nitrogens is 1. The number of hydrogen-bond acceptors (Lipinski definition) is 10. The van der Waals surface area contributed by atoms with Gasteiger partial charge in [0.25, 0.3) is 0 Å². The van der Waals surface area contributed by atoms with Gasteiger partial charge in [0, 0.05) is 24.8 Å². The highest BCUT2D eigenvalue weighted by Crippen LogP contribution is 2.43. The summed E-state index contributed by atoms with van der Waals surface area (Å²) in [5.74, 6) is 0.567. The molecular formula is C34H53N6O5S+. The standard InChI is InChI=1S/C34H53N6O5S/c1-8-12-16-40(10-3,11-4)17-19-43-21-23-45-25-24-44-22-20-42-18-15-39(9-2)29-13-14-30(31(26-29)41-7)37-38-34-33(36-6)28(5)32(27-35)46-34/h13-14,26H,8-12,15-25H2,1-5,7H3/q+1/b38-37+. The number of unbranched alkanes of at least 4 members (excludes halogenated alkanes) is 1. The van der Waals surface area contributed by atoms with E-state index in [1.54, 1.807) is 14.0 Å². The molecule has 2 aromatic rings. The second kappa shape index (κ2) is 22.4. The SMILES string of the molecule is [C-]#[N+]c1c(/N=N/c2ccc(N(CC)CCOCCOCCOCCOCC[N+](CC)(CC)CCCC)cc2OC)sc(C#N)c1C. The summed E-state index contributed by atoms with van der Waals surface area (Å²) in [5.41, 5.74) is 2.51. The molecule has 0 bridgehead atoms. The number of anilines is 1. The van der Waals surface area contributed by atoms with Gasteiger partial charge in [0.2, 0.25) is 5.69 Å². The molecule has 12 heteroatoms. The number of methoxy groups -OCH3 is 1. The number of ether oxygens (including phenoxy) is 5. The summed E-state index contributed by atoms with van der Waals surface area (Å²) in [4.78, 5) is 6.18. The molecule has 11 nitrogen and oxygen atoms in total. The molecule has 2 rings (SSSR count). The summed E-state index contributed by atoms with van der Waals surface area (Å²) in [6, 6.07) is 7.82. The lowest BCUT2D eigenvalue weighted by atomic mass is 10.2. The molecule has 0 amide bonds. The van der Waals surface area contributed by atoms with Crippen LogP contribution < -0.4 is 9.64 Å². The Morgan fingerprint density at radius 3 is 2.09 bits per heavy atom. The highest BCUT2D eigenvalue weighted by Gasteiger charge is 2.22. The van der Waals surface area contributed by atoms with E-state index in [-0.39, 0.29) is 0 Å². The number of nitriles is 1. The van der Waals surface area contributed by atoms with Crippen LogP contribution in [0.25, 0.3) is 4.85 Å². The number of azo groups is 1. The van der Waals surface area contributed by atoms with E-state index in [1.807, 2.05) is 18.2 Å². The van der Waals surface area contributed by atoms with Crippen molar-refractivity contribution < 1.29 is 28.2 Å². The first-order valence-corrected chi connectivity index (χ1v) is 17.2. The number of nitrogens with zero attached hydrogens (tertiary/aromatic N) is 6. The van der Waals surface area contributed by atoms with Gasteiger partial charge >= 0.3 is 0 Å². The first-order valence-electron chi connectivity index (χ1n) is 16.3. The minimum atomic E-state index is 0.357. The largest absolute Gasteiger partial charge is 0.494 e. The maximum Gasteiger partial charge on any atom is 0.229 e. The van der Waals surface area contributed by atoms with Crippen molar-refractivity contribution in [3.63, 3.8) is 0 Å². The molecule has 0 radical (unpaired) electrons. The summed E-state index contributed by atoms with van der Waals surface area (Å²) in [5, 5.41) is 18.3. The predicted molar refractivity (Wildman–Crippen MR) is 184 cm³/mol. The number of thiophene rings is 1. The van der Waals surface area contributed by atoms with Gasteiger partial charge in [0.05, 0.1) is 91.0 Å². The minimum Gasteiger partial charge on any atom is -0.494 e. The van der Waals surface area contributed by atoms with E-state index in [9.17, 15) is 5.26 Å². The van der Waals surface area contributed by atoms with Gasteiger partial charge in [-0.2, -0.15) is 10.4 Å². The van der Waals surface area contributed by atoms with E-state index in [4.69, 9.17) is 30.3 Å². The van der Waals surface area contributed by atoms with E-state index in [1.165, 1.54) is 19.4 Å². The molecule has 1 aromatic carbocycles. The van der Waals surface area contributed by atoms with Crippen molar-refractivity contribution in [3.8, 4) is 11.8 Å². The van der Waals surface area contributed by atoms with Crippen LogP contribution in [0.1, 0.15) is 51.0 Å². The zero-order chi connectivity index (χ0) is 33.6. The zero-order valence-electron chi connectivity index (χ0n) is 28.7. The van der Waals surface area contributed by atoms with Crippen molar-refractivity contribution in [1.82, 2.24) is 0 Å². The van der Waals surface area contributed by atoms with Crippen LogP contribution in [0.4, 0.5) is 22.1 Å². The summed E-state index contributed by atoms with van der Waals surface area (Å²) in [6.07, 6.45) is 2.50. The van der Waals surface area contributed by atoms with Gasteiger partial charge in [0.1, 0.15) is 29.1 Å². The van der Waals surface area contributed by atoms with E-state index >= 15 is 0 Å². The van der Waals surface area contributed by atoms with Crippen molar-refractivity contribution in [1.29, 1.82) is 5.26 Å². The van der Waals surface area contributed by atoms with Crippen LogP contribution in [-0.2, 0) is 18.9 Å². The predicted octanol–water partition coefficient (Wildman–Crippen LogP) is 7.45. The Hall–Kier alpha value is -3.10. The van der Waals surface area contributed by atoms with Crippen LogP contribution in [-0.4, -0.2) is 104 Å². The fraction of sp³-hybridized carbons (Fsp3) is 0.647. The van der Waals surface area contributed by atoms with Crippen molar-refractivity contribution in [3.05, 3.63) is 40.1 Å². The smallest absolute Gasteiger partial charge is 0.229 e. The molecule has 254 valence electrons.